The maximum atomic E-state index is 5.77. The topological polar surface area (TPSA) is 78.4 Å². The van der Waals surface area contributed by atoms with E-state index in [-0.39, 0.29) is 0 Å². The maximum Gasteiger partial charge on any atom is 0.576 e. The van der Waals surface area contributed by atoms with E-state index in [0.717, 1.165) is 13.0 Å². The number of anilines is 1. The van der Waals surface area contributed by atoms with Gasteiger partial charge in [0, 0.05) is 26.4 Å². The first-order valence-corrected chi connectivity index (χ1v) is 8.80. The van der Waals surface area contributed by atoms with Gasteiger partial charge in [-0.05, 0) is 27.2 Å². The molecule has 0 aromatic carbocycles. The Balaban J connectivity index is 3.04. The van der Waals surface area contributed by atoms with E-state index in [4.69, 9.17) is 13.3 Å². The summed E-state index contributed by atoms with van der Waals surface area (Å²) >= 11 is 0. The number of hydrogen-bond acceptors (Lipinski definition) is 7. The normalized spacial score (nSPS) is 11.6. The molecule has 0 aliphatic carbocycles. The molecular formula is C12H24N4O3Si. The van der Waals surface area contributed by atoms with Gasteiger partial charge in [-0.25, -0.2) is 9.97 Å². The highest BCUT2D eigenvalue weighted by molar-refractivity contribution is 6.73. The molecule has 20 heavy (non-hydrogen) atoms. The summed E-state index contributed by atoms with van der Waals surface area (Å²) in [4.78, 5) is 12.7. The van der Waals surface area contributed by atoms with Crippen LogP contribution >= 0.6 is 0 Å². The smallest absolute Gasteiger partial charge is 0.369 e. The van der Waals surface area contributed by atoms with E-state index in [2.05, 4.69) is 27.2 Å². The zero-order valence-electron chi connectivity index (χ0n) is 12.7. The van der Waals surface area contributed by atoms with Crippen molar-refractivity contribution < 1.29 is 13.3 Å². The summed E-state index contributed by atoms with van der Waals surface area (Å²) in [7, 11) is -3.04. The second-order valence-corrected chi connectivity index (χ2v) is 6.34. The molecule has 1 N–H and O–H groups in total. The first-order valence-electron chi connectivity index (χ1n) is 7.07. The van der Waals surface area contributed by atoms with Gasteiger partial charge in [0.2, 0.25) is 11.4 Å². The van der Waals surface area contributed by atoms with E-state index in [0.29, 0.717) is 31.2 Å². The first kappa shape index (κ1) is 17.0. The largest absolute Gasteiger partial charge is 0.576 e. The van der Waals surface area contributed by atoms with Gasteiger partial charge >= 0.3 is 8.80 Å². The van der Waals surface area contributed by atoms with E-state index in [1.54, 1.807) is 0 Å². The Hall–Kier alpha value is -1.09. The van der Waals surface area contributed by atoms with Crippen LogP contribution in [-0.2, 0) is 13.3 Å². The number of nitrogens with zero attached hydrogens (tertiary/aromatic N) is 3. The number of nitrogens with one attached hydrogen (secondary N) is 1. The molecule has 0 spiro atoms. The predicted octanol–water partition coefficient (Wildman–Crippen LogP) is 0.949. The van der Waals surface area contributed by atoms with Gasteiger partial charge in [0.15, 0.2) is 0 Å². The molecule has 0 saturated heterocycles. The Labute approximate surface area is 121 Å². The minimum atomic E-state index is -3.04. The monoisotopic (exact) mass is 300 g/mol. The predicted molar refractivity (Wildman–Crippen MR) is 78.9 cm³/mol. The molecule has 8 heteroatoms. The van der Waals surface area contributed by atoms with Crippen molar-refractivity contribution >= 4 is 20.2 Å². The molecule has 0 atom stereocenters. The lowest BCUT2D eigenvalue weighted by Crippen LogP contribution is -2.59. The molecular weight excluding hydrogens is 276 g/mol. The van der Waals surface area contributed by atoms with Crippen LogP contribution in [0, 0.1) is 0 Å². The Morgan fingerprint density at radius 1 is 1.00 bits per heavy atom. The van der Waals surface area contributed by atoms with Crippen LogP contribution in [0.1, 0.15) is 34.1 Å². The second kappa shape index (κ2) is 8.96. The van der Waals surface area contributed by atoms with Gasteiger partial charge in [-0.3, -0.25) is 0 Å². The lowest BCUT2D eigenvalue weighted by Gasteiger charge is -2.26. The Kier molecular flexibility index (Phi) is 7.59. The standard InChI is InChI=1S/C12H24N4O3Si/c1-5-9-13-11-14-10-15-12(16-11)20(17-6-2,18-7-3)19-8-4/h10H,5-9H2,1-4H3,(H,13,14,15,16). The summed E-state index contributed by atoms with van der Waals surface area (Å²) in [5, 5.41) is 3.13. The fourth-order valence-electron chi connectivity index (χ4n) is 1.65. The highest BCUT2D eigenvalue weighted by Crippen LogP contribution is 2.09. The summed E-state index contributed by atoms with van der Waals surface area (Å²) in [5.74, 6) is 0.521. The molecule has 1 aromatic rings. The average molecular weight is 300 g/mol. The second-order valence-electron chi connectivity index (χ2n) is 3.91. The van der Waals surface area contributed by atoms with Gasteiger partial charge in [-0.1, -0.05) is 6.92 Å². The third-order valence-electron chi connectivity index (χ3n) is 2.38. The molecule has 1 aromatic heterocycles. The third kappa shape index (κ3) is 4.48. The molecule has 0 unspecified atom stereocenters. The zero-order valence-corrected chi connectivity index (χ0v) is 13.7. The summed E-state index contributed by atoms with van der Waals surface area (Å²) in [6.45, 7) is 10.0. The third-order valence-corrected chi connectivity index (χ3v) is 5.18. The van der Waals surface area contributed by atoms with E-state index in [9.17, 15) is 0 Å². The van der Waals surface area contributed by atoms with Gasteiger partial charge in [-0.15, -0.1) is 0 Å². The van der Waals surface area contributed by atoms with Crippen LogP contribution in [0.3, 0.4) is 0 Å². The number of hydrogen-bond donors (Lipinski definition) is 1. The van der Waals surface area contributed by atoms with Crippen LogP contribution in [0.2, 0.25) is 0 Å². The van der Waals surface area contributed by atoms with Crippen LogP contribution in [-0.4, -0.2) is 50.1 Å². The van der Waals surface area contributed by atoms with Crippen molar-refractivity contribution in [1.29, 1.82) is 0 Å². The van der Waals surface area contributed by atoms with Gasteiger partial charge in [0.05, 0.1) is 0 Å². The minimum Gasteiger partial charge on any atom is -0.369 e. The van der Waals surface area contributed by atoms with Crippen LogP contribution in [0.25, 0.3) is 0 Å². The molecule has 1 rings (SSSR count). The van der Waals surface area contributed by atoms with Crippen molar-refractivity contribution in [1.82, 2.24) is 15.0 Å². The highest BCUT2D eigenvalue weighted by atomic mass is 28.4. The number of aromatic nitrogens is 3. The molecule has 0 aliphatic rings. The van der Waals surface area contributed by atoms with Crippen LogP contribution < -0.4 is 10.8 Å². The van der Waals surface area contributed by atoms with Crippen LogP contribution in [0.4, 0.5) is 5.95 Å². The Bertz CT molecular complexity index is 378. The fourth-order valence-corrected chi connectivity index (χ4v) is 3.89. The summed E-state index contributed by atoms with van der Waals surface area (Å²) in [6, 6.07) is 0. The molecule has 0 bridgehead atoms. The molecule has 114 valence electrons. The molecule has 0 fully saturated rings. The minimum absolute atomic E-state index is 0.455. The first-order chi connectivity index (χ1) is 9.72. The quantitative estimate of drug-likeness (QED) is 0.644. The maximum absolute atomic E-state index is 5.77. The van der Waals surface area contributed by atoms with Gasteiger partial charge < -0.3 is 18.6 Å². The summed E-state index contributed by atoms with van der Waals surface area (Å²) in [6.07, 6.45) is 2.45. The fraction of sp³-hybridized carbons (Fsp3) is 0.750. The number of rotatable bonds is 10. The SMILES string of the molecule is CCCNc1ncnc([Si](OCC)(OCC)OCC)n1. The van der Waals surface area contributed by atoms with Crippen LogP contribution in [0.15, 0.2) is 6.33 Å². The lowest BCUT2D eigenvalue weighted by atomic mass is 10.5. The van der Waals surface area contributed by atoms with Crippen molar-refractivity contribution in [2.45, 2.75) is 34.1 Å². The molecule has 0 aliphatic heterocycles. The Morgan fingerprint density at radius 3 is 2.10 bits per heavy atom. The van der Waals surface area contributed by atoms with Gasteiger partial charge in [-0.2, -0.15) is 4.98 Å². The molecule has 1 heterocycles. The molecule has 0 amide bonds. The summed E-state index contributed by atoms with van der Waals surface area (Å²) in [5.41, 5.74) is 0.455. The summed E-state index contributed by atoms with van der Waals surface area (Å²) < 4.78 is 17.3. The molecule has 0 saturated carbocycles. The van der Waals surface area contributed by atoms with Gasteiger partial charge in [0.1, 0.15) is 6.33 Å². The lowest BCUT2D eigenvalue weighted by molar-refractivity contribution is 0.0840. The van der Waals surface area contributed by atoms with Gasteiger partial charge in [0.25, 0.3) is 0 Å². The van der Waals surface area contributed by atoms with E-state index < -0.39 is 8.80 Å². The van der Waals surface area contributed by atoms with Crippen molar-refractivity contribution in [3.05, 3.63) is 6.33 Å². The zero-order chi connectivity index (χ0) is 14.8. The Morgan fingerprint density at radius 2 is 1.60 bits per heavy atom. The molecule has 0 radical (unpaired) electrons. The molecule has 7 nitrogen and oxygen atoms in total. The van der Waals surface area contributed by atoms with Crippen LogP contribution in [0.5, 0.6) is 0 Å². The van der Waals surface area contributed by atoms with Crippen molar-refractivity contribution in [2.24, 2.45) is 0 Å². The van der Waals surface area contributed by atoms with Crippen molar-refractivity contribution in [3.63, 3.8) is 0 Å². The van der Waals surface area contributed by atoms with Crippen molar-refractivity contribution in [3.8, 4) is 0 Å². The average Bonchev–Trinajstić information content (AvgIpc) is 2.46. The van der Waals surface area contributed by atoms with Crippen molar-refractivity contribution in [2.75, 3.05) is 31.7 Å². The van der Waals surface area contributed by atoms with E-state index >= 15 is 0 Å². The highest BCUT2D eigenvalue weighted by Gasteiger charge is 2.47. The van der Waals surface area contributed by atoms with E-state index in [1.165, 1.54) is 6.33 Å². The van der Waals surface area contributed by atoms with E-state index in [1.807, 2.05) is 20.8 Å².